The Bertz CT molecular complexity index is 698. The standard InChI is InChI=1S/C17H20N4OS/c1-21(2)15-9-7-13(8-10-15)19-17(22)20-14-6-4-5-12(11-14)16(18)23-3/h4-11,18H,1-3H3,(H2,19,20,22). The van der Waals surface area contributed by atoms with Crippen molar-refractivity contribution in [3.8, 4) is 0 Å². The summed E-state index contributed by atoms with van der Waals surface area (Å²) in [5.74, 6) is 0. The molecule has 0 heterocycles. The van der Waals surface area contributed by atoms with Crippen molar-refractivity contribution in [1.29, 1.82) is 5.41 Å². The minimum Gasteiger partial charge on any atom is -0.378 e. The first-order chi connectivity index (χ1) is 11.0. The molecule has 0 bridgehead atoms. The first-order valence-corrected chi connectivity index (χ1v) is 8.30. The summed E-state index contributed by atoms with van der Waals surface area (Å²) in [6, 6.07) is 14.5. The highest BCUT2D eigenvalue weighted by Gasteiger charge is 2.05. The van der Waals surface area contributed by atoms with E-state index in [0.29, 0.717) is 10.7 Å². The molecule has 120 valence electrons. The zero-order chi connectivity index (χ0) is 16.8. The van der Waals surface area contributed by atoms with Crippen molar-refractivity contribution >= 4 is 39.9 Å². The minimum atomic E-state index is -0.310. The summed E-state index contributed by atoms with van der Waals surface area (Å²) in [4.78, 5) is 14.1. The van der Waals surface area contributed by atoms with Crippen molar-refractivity contribution in [3.63, 3.8) is 0 Å². The first-order valence-electron chi connectivity index (χ1n) is 7.08. The summed E-state index contributed by atoms with van der Waals surface area (Å²) < 4.78 is 0. The number of nitrogens with one attached hydrogen (secondary N) is 3. The number of rotatable bonds is 4. The molecule has 2 aromatic carbocycles. The number of hydrogen-bond donors (Lipinski definition) is 3. The molecule has 5 nitrogen and oxygen atoms in total. The van der Waals surface area contributed by atoms with E-state index in [0.717, 1.165) is 16.9 Å². The monoisotopic (exact) mass is 328 g/mol. The topological polar surface area (TPSA) is 68.2 Å². The zero-order valence-corrected chi connectivity index (χ0v) is 14.2. The summed E-state index contributed by atoms with van der Waals surface area (Å²) in [6.45, 7) is 0. The van der Waals surface area contributed by atoms with Crippen LogP contribution in [0.15, 0.2) is 48.5 Å². The predicted octanol–water partition coefficient (Wildman–Crippen LogP) is 4.08. The van der Waals surface area contributed by atoms with Gasteiger partial charge in [0.25, 0.3) is 0 Å². The minimum absolute atomic E-state index is 0.310. The lowest BCUT2D eigenvalue weighted by molar-refractivity contribution is 0.262. The van der Waals surface area contributed by atoms with Gasteiger partial charge in [0.05, 0.1) is 5.04 Å². The number of urea groups is 1. The van der Waals surface area contributed by atoms with Gasteiger partial charge in [-0.1, -0.05) is 12.1 Å². The fraction of sp³-hybridized carbons (Fsp3) is 0.176. The SMILES string of the molecule is CSC(=N)c1cccc(NC(=O)Nc2ccc(N(C)C)cc2)c1. The number of carbonyl (C=O) groups excluding carboxylic acids is 1. The molecular formula is C17H20N4OS. The van der Waals surface area contributed by atoms with E-state index in [2.05, 4.69) is 10.6 Å². The Balaban J connectivity index is 2.00. The molecule has 0 aliphatic carbocycles. The normalized spacial score (nSPS) is 10.0. The third kappa shape index (κ3) is 4.75. The second-order valence-corrected chi connectivity index (χ2v) is 5.95. The molecular weight excluding hydrogens is 308 g/mol. The first kappa shape index (κ1) is 16.9. The van der Waals surface area contributed by atoms with Crippen LogP contribution in [-0.4, -0.2) is 31.4 Å². The van der Waals surface area contributed by atoms with Crippen molar-refractivity contribution in [2.45, 2.75) is 0 Å². The Morgan fingerprint density at radius 2 is 1.70 bits per heavy atom. The van der Waals surface area contributed by atoms with Gasteiger partial charge >= 0.3 is 6.03 Å². The van der Waals surface area contributed by atoms with Crippen LogP contribution in [0.1, 0.15) is 5.56 Å². The van der Waals surface area contributed by atoms with Crippen molar-refractivity contribution in [2.24, 2.45) is 0 Å². The molecule has 0 aromatic heterocycles. The summed E-state index contributed by atoms with van der Waals surface area (Å²) in [5, 5.41) is 13.9. The summed E-state index contributed by atoms with van der Waals surface area (Å²) >= 11 is 1.36. The van der Waals surface area contributed by atoms with E-state index in [4.69, 9.17) is 5.41 Å². The second kappa shape index (κ2) is 7.69. The number of nitrogens with zero attached hydrogens (tertiary/aromatic N) is 1. The smallest absolute Gasteiger partial charge is 0.323 e. The van der Waals surface area contributed by atoms with E-state index in [1.54, 1.807) is 12.1 Å². The quantitative estimate of drug-likeness (QED) is 0.585. The van der Waals surface area contributed by atoms with Crippen LogP contribution < -0.4 is 15.5 Å². The molecule has 0 radical (unpaired) electrons. The zero-order valence-electron chi connectivity index (χ0n) is 13.4. The Kier molecular flexibility index (Phi) is 5.65. The molecule has 0 unspecified atom stereocenters. The molecule has 2 amide bonds. The lowest BCUT2D eigenvalue weighted by Crippen LogP contribution is -2.19. The fourth-order valence-electron chi connectivity index (χ4n) is 1.99. The van der Waals surface area contributed by atoms with E-state index in [-0.39, 0.29) is 6.03 Å². The van der Waals surface area contributed by atoms with Crippen LogP contribution in [0.3, 0.4) is 0 Å². The van der Waals surface area contributed by atoms with Gasteiger partial charge in [-0.15, -0.1) is 11.8 Å². The maximum absolute atomic E-state index is 12.1. The summed E-state index contributed by atoms with van der Waals surface area (Å²) in [5.41, 5.74) is 3.23. The summed E-state index contributed by atoms with van der Waals surface area (Å²) in [6.07, 6.45) is 1.85. The van der Waals surface area contributed by atoms with Crippen LogP contribution in [0.4, 0.5) is 21.9 Å². The second-order valence-electron chi connectivity index (χ2n) is 5.13. The average Bonchev–Trinajstić information content (AvgIpc) is 2.54. The van der Waals surface area contributed by atoms with Crippen LogP contribution in [0.2, 0.25) is 0 Å². The van der Waals surface area contributed by atoms with Gasteiger partial charge in [0.2, 0.25) is 0 Å². The van der Waals surface area contributed by atoms with Crippen molar-refractivity contribution in [2.75, 3.05) is 35.9 Å². The molecule has 0 aliphatic rings. The molecule has 0 spiro atoms. The van der Waals surface area contributed by atoms with Gasteiger partial charge < -0.3 is 15.5 Å². The van der Waals surface area contributed by atoms with E-state index in [9.17, 15) is 4.79 Å². The number of carbonyl (C=O) groups is 1. The Labute approximate surface area is 140 Å². The molecule has 3 N–H and O–H groups in total. The van der Waals surface area contributed by atoms with Crippen LogP contribution in [0.5, 0.6) is 0 Å². The molecule has 2 rings (SSSR count). The summed E-state index contributed by atoms with van der Waals surface area (Å²) in [7, 11) is 3.93. The van der Waals surface area contributed by atoms with Gasteiger partial charge in [0.15, 0.2) is 0 Å². The van der Waals surface area contributed by atoms with Crippen LogP contribution in [-0.2, 0) is 0 Å². The Morgan fingerprint density at radius 3 is 2.30 bits per heavy atom. The van der Waals surface area contributed by atoms with Crippen molar-refractivity contribution in [3.05, 3.63) is 54.1 Å². The van der Waals surface area contributed by atoms with Crippen LogP contribution in [0, 0.1) is 5.41 Å². The van der Waals surface area contributed by atoms with Gasteiger partial charge in [-0.25, -0.2) is 4.79 Å². The molecule has 0 atom stereocenters. The number of anilines is 3. The molecule has 0 aliphatic heterocycles. The Morgan fingerprint density at radius 1 is 1.04 bits per heavy atom. The average molecular weight is 328 g/mol. The Hall–Kier alpha value is -2.47. The maximum atomic E-state index is 12.1. The number of amides is 2. The third-order valence-corrected chi connectivity index (χ3v) is 3.87. The van der Waals surface area contributed by atoms with Gasteiger partial charge in [0.1, 0.15) is 0 Å². The van der Waals surface area contributed by atoms with E-state index >= 15 is 0 Å². The highest BCUT2D eigenvalue weighted by atomic mass is 32.2. The van der Waals surface area contributed by atoms with Gasteiger partial charge in [0, 0.05) is 36.7 Å². The predicted molar refractivity (Wildman–Crippen MR) is 100 cm³/mol. The number of hydrogen-bond acceptors (Lipinski definition) is 4. The van der Waals surface area contributed by atoms with Gasteiger partial charge in [-0.3, -0.25) is 5.41 Å². The third-order valence-electron chi connectivity index (χ3n) is 3.23. The van der Waals surface area contributed by atoms with Gasteiger partial charge in [-0.05, 0) is 42.7 Å². The highest BCUT2D eigenvalue weighted by Crippen LogP contribution is 2.17. The number of benzene rings is 2. The molecule has 2 aromatic rings. The van der Waals surface area contributed by atoms with E-state index < -0.39 is 0 Å². The van der Waals surface area contributed by atoms with E-state index in [1.807, 2.05) is 61.6 Å². The number of thioether (sulfide) groups is 1. The molecule has 23 heavy (non-hydrogen) atoms. The molecule has 6 heteroatoms. The lowest BCUT2D eigenvalue weighted by atomic mass is 10.2. The van der Waals surface area contributed by atoms with Crippen molar-refractivity contribution in [1.82, 2.24) is 0 Å². The lowest BCUT2D eigenvalue weighted by Gasteiger charge is -2.13. The highest BCUT2D eigenvalue weighted by molar-refractivity contribution is 8.13. The van der Waals surface area contributed by atoms with Crippen LogP contribution >= 0.6 is 11.8 Å². The fourth-order valence-corrected chi connectivity index (χ4v) is 2.36. The molecule has 0 saturated carbocycles. The van der Waals surface area contributed by atoms with Crippen LogP contribution in [0.25, 0.3) is 0 Å². The largest absolute Gasteiger partial charge is 0.378 e. The molecule has 0 saturated heterocycles. The van der Waals surface area contributed by atoms with Gasteiger partial charge in [-0.2, -0.15) is 0 Å². The maximum Gasteiger partial charge on any atom is 0.323 e. The van der Waals surface area contributed by atoms with E-state index in [1.165, 1.54) is 11.8 Å². The molecule has 0 fully saturated rings. The van der Waals surface area contributed by atoms with Crippen molar-refractivity contribution < 1.29 is 4.79 Å².